The van der Waals surface area contributed by atoms with Crippen LogP contribution in [0.15, 0.2) is 41.5 Å². The van der Waals surface area contributed by atoms with E-state index >= 15 is 0 Å². The average molecular weight is 376 g/mol. The summed E-state index contributed by atoms with van der Waals surface area (Å²) in [6.45, 7) is 2.88. The van der Waals surface area contributed by atoms with Crippen molar-refractivity contribution in [2.24, 2.45) is 5.11 Å². The summed E-state index contributed by atoms with van der Waals surface area (Å²) < 4.78 is 11.1. The molecule has 2 rings (SSSR count). The van der Waals surface area contributed by atoms with Gasteiger partial charge in [-0.2, -0.15) is 5.53 Å². The predicted octanol–water partition coefficient (Wildman–Crippen LogP) is 5.60. The maximum Gasteiger partial charge on any atom is 0.173 e. The van der Waals surface area contributed by atoms with E-state index in [9.17, 15) is 0 Å². The zero-order valence-electron chi connectivity index (χ0n) is 15.6. The van der Waals surface area contributed by atoms with E-state index < -0.39 is 0 Å². The smallest absolute Gasteiger partial charge is 0.173 e. The highest BCUT2D eigenvalue weighted by molar-refractivity contribution is 6.33. The van der Waals surface area contributed by atoms with Gasteiger partial charge in [0, 0.05) is 5.56 Å². The van der Waals surface area contributed by atoms with E-state index in [1.807, 2.05) is 30.3 Å². The first-order valence-electron chi connectivity index (χ1n) is 9.21. The normalized spacial score (nSPS) is 10.6. The first kappa shape index (κ1) is 20.2. The molecule has 2 N–H and O–H groups in total. The second-order valence-electron chi connectivity index (χ2n) is 6.27. The third kappa shape index (κ3) is 5.73. The number of rotatable bonds is 11. The van der Waals surface area contributed by atoms with Gasteiger partial charge in [-0.25, -0.2) is 0 Å². The zero-order valence-corrected chi connectivity index (χ0v) is 16.4. The molecule has 0 bridgehead atoms. The van der Waals surface area contributed by atoms with Crippen LogP contribution in [0.3, 0.4) is 0 Å². The van der Waals surface area contributed by atoms with Gasteiger partial charge in [-0.05, 0) is 41.4 Å². The maximum absolute atomic E-state index is 6.42. The first-order valence-corrected chi connectivity index (χ1v) is 9.59. The summed E-state index contributed by atoms with van der Waals surface area (Å²) in [7, 11) is 1.65. The Balaban J connectivity index is 2.06. The number of hydrogen-bond acceptors (Lipinski definition) is 3. The topological polar surface area (TPSA) is 56.4 Å². The number of benzene rings is 2. The lowest BCUT2D eigenvalue weighted by Crippen LogP contribution is -2.22. The van der Waals surface area contributed by atoms with Crippen LogP contribution in [-0.2, 0) is 0 Å². The van der Waals surface area contributed by atoms with Crippen molar-refractivity contribution in [2.45, 2.75) is 45.4 Å². The molecule has 0 heterocycles. The summed E-state index contributed by atoms with van der Waals surface area (Å²) in [6, 6.07) is 11.4. The fourth-order valence-corrected chi connectivity index (χ4v) is 3.08. The van der Waals surface area contributed by atoms with Crippen molar-refractivity contribution in [3.8, 4) is 22.6 Å². The van der Waals surface area contributed by atoms with E-state index in [1.54, 1.807) is 13.2 Å². The Morgan fingerprint density at radius 1 is 1.00 bits per heavy atom. The van der Waals surface area contributed by atoms with Crippen LogP contribution in [-0.4, -0.2) is 13.7 Å². The van der Waals surface area contributed by atoms with Crippen molar-refractivity contribution in [1.29, 1.82) is 0 Å². The van der Waals surface area contributed by atoms with Gasteiger partial charge in [0.25, 0.3) is 0 Å². The van der Waals surface area contributed by atoms with Crippen LogP contribution in [0.2, 0.25) is 5.02 Å². The lowest BCUT2D eigenvalue weighted by molar-refractivity contribution is -0.210. The van der Waals surface area contributed by atoms with Gasteiger partial charge in [0.15, 0.2) is 11.4 Å². The second kappa shape index (κ2) is 10.8. The molecule has 0 fully saturated rings. The highest BCUT2D eigenvalue weighted by atomic mass is 35.5. The Morgan fingerprint density at radius 3 is 2.35 bits per heavy atom. The minimum atomic E-state index is 0.568. The molecule has 0 saturated heterocycles. The molecule has 0 spiro atoms. The van der Waals surface area contributed by atoms with Crippen LogP contribution in [0.4, 0.5) is 5.69 Å². The Bertz CT molecular complexity index is 702. The highest BCUT2D eigenvalue weighted by Crippen LogP contribution is 2.38. The highest BCUT2D eigenvalue weighted by Gasteiger charge is 2.13. The standard InChI is InChI=1S/C21H27ClN2O2/c1-3-4-5-6-7-8-13-26-21-14-18(19(22)15-20(21)24-23)16-9-11-17(25-2)12-10-16/h9-12,14-15,23H,3-8,13H2,1-2H3/p+1. The van der Waals surface area contributed by atoms with Crippen LogP contribution in [0.5, 0.6) is 11.5 Å². The van der Waals surface area contributed by atoms with Crippen LogP contribution in [0.1, 0.15) is 45.4 Å². The number of halogens is 1. The first-order chi connectivity index (χ1) is 12.7. The van der Waals surface area contributed by atoms with Gasteiger partial charge in [0.05, 0.1) is 18.7 Å². The molecule has 0 unspecified atom stereocenters. The van der Waals surface area contributed by atoms with Crippen LogP contribution < -0.4 is 15.0 Å². The quantitative estimate of drug-likeness (QED) is 0.410. The van der Waals surface area contributed by atoms with Gasteiger partial charge in [0.2, 0.25) is 0 Å². The molecule has 2 aromatic rings. The SMILES string of the molecule is CCCCCCCCOc1cc(-c2ccc(OC)cc2)c(Cl)cc1N=[NH2+]. The van der Waals surface area contributed by atoms with E-state index in [0.29, 0.717) is 23.1 Å². The molecule has 0 aliphatic rings. The summed E-state index contributed by atoms with van der Waals surface area (Å²) in [5.41, 5.74) is 7.95. The van der Waals surface area contributed by atoms with E-state index in [0.717, 1.165) is 23.3 Å². The van der Waals surface area contributed by atoms with E-state index in [-0.39, 0.29) is 0 Å². The molecule has 0 aliphatic heterocycles. The number of ether oxygens (including phenoxy) is 2. The number of nitrogens with two attached hydrogens (primary N) is 1. The molecule has 0 saturated carbocycles. The van der Waals surface area contributed by atoms with Crippen molar-refractivity contribution >= 4 is 17.3 Å². The number of nitrogens with zero attached hydrogens (tertiary/aromatic N) is 1. The van der Waals surface area contributed by atoms with E-state index in [4.69, 9.17) is 26.6 Å². The summed E-state index contributed by atoms with van der Waals surface area (Å²) in [6.07, 6.45) is 7.31. The molecule has 0 amide bonds. The molecule has 4 nitrogen and oxygen atoms in total. The van der Waals surface area contributed by atoms with Crippen molar-refractivity contribution in [3.63, 3.8) is 0 Å². The zero-order chi connectivity index (χ0) is 18.8. The van der Waals surface area contributed by atoms with Crippen molar-refractivity contribution in [3.05, 3.63) is 41.4 Å². The molecule has 0 aliphatic carbocycles. The molecule has 2 aromatic carbocycles. The second-order valence-corrected chi connectivity index (χ2v) is 6.68. The van der Waals surface area contributed by atoms with E-state index in [1.165, 1.54) is 32.1 Å². The Kier molecular flexibility index (Phi) is 8.42. The Morgan fingerprint density at radius 2 is 1.69 bits per heavy atom. The average Bonchev–Trinajstić information content (AvgIpc) is 2.68. The van der Waals surface area contributed by atoms with Crippen molar-refractivity contribution in [2.75, 3.05) is 13.7 Å². The molecule has 0 atom stereocenters. The summed E-state index contributed by atoms with van der Waals surface area (Å²) >= 11 is 6.42. The third-order valence-corrected chi connectivity index (χ3v) is 4.66. The maximum atomic E-state index is 6.42. The minimum Gasteiger partial charge on any atom is -0.497 e. The minimum absolute atomic E-state index is 0.568. The predicted molar refractivity (Wildman–Crippen MR) is 106 cm³/mol. The number of unbranched alkanes of at least 4 members (excludes halogenated alkanes) is 5. The molecule has 0 radical (unpaired) electrons. The lowest BCUT2D eigenvalue weighted by atomic mass is 10.0. The van der Waals surface area contributed by atoms with Gasteiger partial charge in [-0.15, -0.1) is 0 Å². The number of methoxy groups -OCH3 is 1. The molecule has 0 aromatic heterocycles. The monoisotopic (exact) mass is 375 g/mol. The molecular weight excluding hydrogens is 348 g/mol. The van der Waals surface area contributed by atoms with Gasteiger partial charge in [-0.3, -0.25) is 0 Å². The van der Waals surface area contributed by atoms with Gasteiger partial charge >= 0.3 is 0 Å². The summed E-state index contributed by atoms with van der Waals surface area (Å²) in [5.74, 6) is 1.47. The van der Waals surface area contributed by atoms with Crippen LogP contribution >= 0.6 is 11.6 Å². The fraction of sp³-hybridized carbons (Fsp3) is 0.429. The fourth-order valence-electron chi connectivity index (χ4n) is 2.82. The van der Waals surface area contributed by atoms with Crippen molar-refractivity contribution in [1.82, 2.24) is 0 Å². The third-order valence-electron chi connectivity index (χ3n) is 4.34. The van der Waals surface area contributed by atoms with Crippen molar-refractivity contribution < 1.29 is 15.0 Å². The molecule has 140 valence electrons. The van der Waals surface area contributed by atoms with Crippen LogP contribution in [0, 0.1) is 0 Å². The molecule has 26 heavy (non-hydrogen) atoms. The summed E-state index contributed by atoms with van der Waals surface area (Å²) in [5, 5.41) is 4.39. The number of hydrogen-bond donors (Lipinski definition) is 1. The summed E-state index contributed by atoms with van der Waals surface area (Å²) in [4.78, 5) is 0. The van der Waals surface area contributed by atoms with Gasteiger partial charge in [-0.1, -0.05) is 62.8 Å². The Hall–Kier alpha value is -2.07. The Labute approximate surface area is 161 Å². The van der Waals surface area contributed by atoms with Crippen LogP contribution in [0.25, 0.3) is 11.1 Å². The van der Waals surface area contributed by atoms with E-state index in [2.05, 4.69) is 12.0 Å². The van der Waals surface area contributed by atoms with Gasteiger partial charge in [0.1, 0.15) is 5.75 Å². The molecule has 5 heteroatoms. The lowest BCUT2D eigenvalue weighted by Gasteiger charge is -2.12. The largest absolute Gasteiger partial charge is 0.497 e. The molecular formula is C21H28ClN2O2+. The van der Waals surface area contributed by atoms with Gasteiger partial charge < -0.3 is 9.47 Å².